The van der Waals surface area contributed by atoms with Gasteiger partial charge in [-0.1, -0.05) is 31.4 Å². The molecule has 2 amide bonds. The number of H-pyrrole nitrogens is 1. The highest BCUT2D eigenvalue weighted by molar-refractivity contribution is 6.03. The fourth-order valence-electron chi connectivity index (χ4n) is 3.97. The van der Waals surface area contributed by atoms with Crippen molar-refractivity contribution in [1.82, 2.24) is 14.8 Å². The van der Waals surface area contributed by atoms with E-state index >= 15 is 0 Å². The summed E-state index contributed by atoms with van der Waals surface area (Å²) >= 11 is 0. The highest BCUT2D eigenvalue weighted by Gasteiger charge is 2.36. The first-order valence-electron chi connectivity index (χ1n) is 9.50. The number of nitrogens with one attached hydrogen (secondary N) is 1. The molecule has 0 radical (unpaired) electrons. The van der Waals surface area contributed by atoms with Crippen molar-refractivity contribution in [3.8, 4) is 0 Å². The molecule has 1 saturated heterocycles. The average Bonchev–Trinajstić information content (AvgIpc) is 2.93. The topological polar surface area (TPSA) is 56.4 Å². The molecule has 1 atom stereocenters. The summed E-state index contributed by atoms with van der Waals surface area (Å²) in [5, 5.41) is 1.09. The lowest BCUT2D eigenvalue weighted by atomic mass is 10.0. The number of piperazine rings is 1. The molecule has 140 valence electrons. The van der Waals surface area contributed by atoms with E-state index in [0.29, 0.717) is 18.8 Å². The van der Waals surface area contributed by atoms with E-state index in [1.807, 2.05) is 14.0 Å². The van der Waals surface area contributed by atoms with Crippen molar-refractivity contribution in [1.29, 1.82) is 0 Å². The van der Waals surface area contributed by atoms with Crippen LogP contribution in [0.4, 0.5) is 0 Å². The van der Waals surface area contributed by atoms with Crippen molar-refractivity contribution in [2.24, 2.45) is 0 Å². The Morgan fingerprint density at radius 1 is 1.23 bits per heavy atom. The Balaban J connectivity index is 1.99. The predicted octanol–water partition coefficient (Wildman–Crippen LogP) is 3.57. The number of fused-ring (bicyclic) bond motifs is 1. The number of hydrogen-bond acceptors (Lipinski definition) is 2. The lowest BCUT2D eigenvalue weighted by molar-refractivity contribution is -0.138. The smallest absolute Gasteiger partial charge is 0.271 e. The number of unbranched alkanes of at least 4 members (excludes halogenated alkanes) is 1. The Morgan fingerprint density at radius 2 is 1.96 bits per heavy atom. The van der Waals surface area contributed by atoms with Gasteiger partial charge in [0.15, 0.2) is 0 Å². The van der Waals surface area contributed by atoms with Crippen LogP contribution in [0.3, 0.4) is 0 Å². The highest BCUT2D eigenvalue weighted by Crippen LogP contribution is 2.28. The summed E-state index contributed by atoms with van der Waals surface area (Å²) in [5.74, 6) is -0.00264. The minimum atomic E-state index is -0.352. The van der Waals surface area contributed by atoms with Crippen molar-refractivity contribution in [2.75, 3.05) is 20.1 Å². The molecule has 3 rings (SSSR count). The first-order chi connectivity index (χ1) is 12.3. The van der Waals surface area contributed by atoms with Gasteiger partial charge in [0.25, 0.3) is 5.91 Å². The average molecular weight is 355 g/mol. The van der Waals surface area contributed by atoms with E-state index < -0.39 is 0 Å². The van der Waals surface area contributed by atoms with E-state index in [4.69, 9.17) is 0 Å². The molecular formula is C21H29N3O2. The molecule has 26 heavy (non-hydrogen) atoms. The molecule has 2 heterocycles. The largest absolute Gasteiger partial charge is 0.350 e. The van der Waals surface area contributed by atoms with Crippen LogP contribution in [-0.4, -0.2) is 52.8 Å². The fourth-order valence-corrected chi connectivity index (χ4v) is 3.97. The van der Waals surface area contributed by atoms with Crippen LogP contribution in [0, 0.1) is 20.8 Å². The first kappa shape index (κ1) is 18.5. The molecule has 1 aromatic carbocycles. The van der Waals surface area contributed by atoms with Gasteiger partial charge in [0.05, 0.1) is 0 Å². The Kier molecular flexibility index (Phi) is 5.08. The Hall–Kier alpha value is -2.30. The van der Waals surface area contributed by atoms with E-state index in [1.165, 1.54) is 5.56 Å². The molecule has 1 aromatic heterocycles. The predicted molar refractivity (Wildman–Crippen MR) is 104 cm³/mol. The Bertz CT molecular complexity index is 853. The van der Waals surface area contributed by atoms with Gasteiger partial charge >= 0.3 is 0 Å². The third-order valence-electron chi connectivity index (χ3n) is 5.53. The Morgan fingerprint density at radius 3 is 2.65 bits per heavy atom. The molecule has 1 aliphatic heterocycles. The van der Waals surface area contributed by atoms with E-state index in [2.05, 4.69) is 37.9 Å². The third kappa shape index (κ3) is 3.11. The lowest BCUT2D eigenvalue weighted by Crippen LogP contribution is -2.57. The minimum Gasteiger partial charge on any atom is -0.350 e. The molecule has 1 aliphatic rings. The number of aromatic amines is 1. The van der Waals surface area contributed by atoms with E-state index in [-0.39, 0.29) is 17.9 Å². The van der Waals surface area contributed by atoms with Crippen molar-refractivity contribution in [3.05, 3.63) is 34.5 Å². The van der Waals surface area contributed by atoms with Gasteiger partial charge in [-0.05, 0) is 44.4 Å². The van der Waals surface area contributed by atoms with Crippen LogP contribution in [0.25, 0.3) is 10.9 Å². The quantitative estimate of drug-likeness (QED) is 0.911. The zero-order valence-electron chi connectivity index (χ0n) is 16.5. The number of hydrogen-bond donors (Lipinski definition) is 1. The van der Waals surface area contributed by atoms with Crippen LogP contribution in [0.15, 0.2) is 12.1 Å². The summed E-state index contributed by atoms with van der Waals surface area (Å²) in [6.45, 7) is 9.40. The summed E-state index contributed by atoms with van der Waals surface area (Å²) in [6, 6.07) is 3.89. The molecule has 5 heteroatoms. The molecular weight excluding hydrogens is 326 g/mol. The summed E-state index contributed by atoms with van der Waals surface area (Å²) < 4.78 is 0. The van der Waals surface area contributed by atoms with Crippen molar-refractivity contribution in [2.45, 2.75) is 53.0 Å². The molecule has 0 aliphatic carbocycles. The lowest BCUT2D eigenvalue weighted by Gasteiger charge is -2.39. The maximum atomic E-state index is 13.3. The molecule has 1 fully saturated rings. The number of rotatable bonds is 4. The molecule has 5 nitrogen and oxygen atoms in total. The van der Waals surface area contributed by atoms with Gasteiger partial charge < -0.3 is 14.8 Å². The number of aryl methyl sites for hydroxylation is 3. The molecule has 0 unspecified atom stereocenters. The van der Waals surface area contributed by atoms with Gasteiger partial charge in [0, 0.05) is 31.0 Å². The van der Waals surface area contributed by atoms with Gasteiger partial charge in [0.1, 0.15) is 11.7 Å². The van der Waals surface area contributed by atoms with E-state index in [9.17, 15) is 9.59 Å². The number of aromatic nitrogens is 1. The van der Waals surface area contributed by atoms with Crippen LogP contribution in [-0.2, 0) is 4.79 Å². The van der Waals surface area contributed by atoms with Gasteiger partial charge in [0.2, 0.25) is 5.91 Å². The Labute approximate surface area is 155 Å². The first-order valence-corrected chi connectivity index (χ1v) is 9.50. The van der Waals surface area contributed by atoms with E-state index in [1.54, 1.807) is 9.80 Å². The summed E-state index contributed by atoms with van der Waals surface area (Å²) in [6.07, 6.45) is 2.68. The maximum Gasteiger partial charge on any atom is 0.271 e. The number of nitrogens with zero attached hydrogens (tertiary/aromatic N) is 2. The SMILES string of the molecule is CCCC[C@@H]1C(=O)N(C)CCN1C(=O)c1[nH]c2c(C)cc(C)cc2c1C. The second kappa shape index (κ2) is 7.14. The van der Waals surface area contributed by atoms with Crippen molar-refractivity contribution >= 4 is 22.7 Å². The van der Waals surface area contributed by atoms with Crippen LogP contribution >= 0.6 is 0 Å². The van der Waals surface area contributed by atoms with Crippen molar-refractivity contribution in [3.63, 3.8) is 0 Å². The number of carbonyl (C=O) groups excluding carboxylic acids is 2. The molecule has 1 N–H and O–H groups in total. The monoisotopic (exact) mass is 355 g/mol. The standard InChI is InChI=1S/C21H29N3O2/c1-6-7-8-17-20(25)23(5)9-10-24(17)21(26)19-15(4)16-12-13(2)11-14(3)18(16)22-19/h11-12,17,22H,6-10H2,1-5H3/t17-/m1/s1. The number of carbonyl (C=O) groups is 2. The third-order valence-corrected chi connectivity index (χ3v) is 5.53. The van der Waals surface area contributed by atoms with Crippen LogP contribution in [0.5, 0.6) is 0 Å². The number of benzene rings is 1. The summed E-state index contributed by atoms with van der Waals surface area (Å²) in [5.41, 5.74) is 4.93. The summed E-state index contributed by atoms with van der Waals surface area (Å²) in [4.78, 5) is 32.9. The zero-order chi connectivity index (χ0) is 19.0. The fraction of sp³-hybridized carbons (Fsp3) is 0.524. The second-order valence-electron chi connectivity index (χ2n) is 7.55. The summed E-state index contributed by atoms with van der Waals surface area (Å²) in [7, 11) is 1.82. The maximum absolute atomic E-state index is 13.3. The molecule has 0 saturated carbocycles. The molecule has 0 bridgehead atoms. The van der Waals surface area contributed by atoms with Gasteiger partial charge in [-0.3, -0.25) is 9.59 Å². The van der Waals surface area contributed by atoms with Crippen LogP contribution in [0.2, 0.25) is 0 Å². The van der Waals surface area contributed by atoms with Crippen LogP contribution < -0.4 is 0 Å². The number of amides is 2. The van der Waals surface area contributed by atoms with Gasteiger partial charge in [-0.25, -0.2) is 0 Å². The van der Waals surface area contributed by atoms with Gasteiger partial charge in [-0.15, -0.1) is 0 Å². The zero-order valence-corrected chi connectivity index (χ0v) is 16.5. The molecule has 0 spiro atoms. The molecule has 2 aromatic rings. The van der Waals surface area contributed by atoms with Crippen LogP contribution in [0.1, 0.15) is 53.4 Å². The highest BCUT2D eigenvalue weighted by atomic mass is 16.2. The second-order valence-corrected chi connectivity index (χ2v) is 7.55. The van der Waals surface area contributed by atoms with Gasteiger partial charge in [-0.2, -0.15) is 0 Å². The number of likely N-dealkylation sites (N-methyl/N-ethyl adjacent to an activating group) is 1. The van der Waals surface area contributed by atoms with E-state index in [0.717, 1.165) is 41.3 Å². The normalized spacial score (nSPS) is 18.0. The van der Waals surface area contributed by atoms with Crippen molar-refractivity contribution < 1.29 is 9.59 Å². The minimum absolute atomic E-state index is 0.0545.